The lowest BCUT2D eigenvalue weighted by Gasteiger charge is -2.00. The fourth-order valence-electron chi connectivity index (χ4n) is 0.373. The molecule has 0 amide bonds. The predicted molar refractivity (Wildman–Crippen MR) is 54.2 cm³/mol. The maximum Gasteiger partial charge on any atom is 0.148 e. The van der Waals surface area contributed by atoms with Gasteiger partial charge in [0.15, 0.2) is 0 Å². The van der Waals surface area contributed by atoms with Crippen LogP contribution in [-0.4, -0.2) is 6.21 Å². The summed E-state index contributed by atoms with van der Waals surface area (Å²) in [6, 6.07) is 0. The van der Waals surface area contributed by atoms with E-state index in [9.17, 15) is 0 Å². The van der Waals surface area contributed by atoms with Gasteiger partial charge in [0.05, 0.1) is 11.4 Å². The zero-order chi connectivity index (χ0) is 10.1. The first-order valence-electron chi connectivity index (χ1n) is 3.78. The van der Waals surface area contributed by atoms with Gasteiger partial charge in [-0.15, -0.1) is 0 Å². The Hall–Kier alpha value is -1.45. The highest BCUT2D eigenvalue weighted by atomic mass is 14.9. The molecule has 6 N–H and O–H groups in total. The minimum Gasteiger partial charge on any atom is -0.397 e. The summed E-state index contributed by atoms with van der Waals surface area (Å²) in [6.45, 7) is 9.13. The summed E-state index contributed by atoms with van der Waals surface area (Å²) in [6.07, 6.45) is 1.53. The van der Waals surface area contributed by atoms with E-state index in [-0.39, 0.29) is 17.2 Å². The molecule has 0 bridgehead atoms. The molecule has 0 heterocycles. The lowest BCUT2D eigenvalue weighted by molar-refractivity contribution is 1.12. The lowest BCUT2D eigenvalue weighted by atomic mass is 10.4. The van der Waals surface area contributed by atoms with Gasteiger partial charge < -0.3 is 17.2 Å². The van der Waals surface area contributed by atoms with Gasteiger partial charge in [-0.05, 0) is 6.92 Å². The van der Waals surface area contributed by atoms with Crippen LogP contribution in [0.3, 0.4) is 0 Å². The van der Waals surface area contributed by atoms with Crippen molar-refractivity contribution in [1.82, 2.24) is 0 Å². The summed E-state index contributed by atoms with van der Waals surface area (Å²) in [7, 11) is 0. The van der Waals surface area contributed by atoms with E-state index in [1.807, 2.05) is 13.8 Å². The van der Waals surface area contributed by atoms with Gasteiger partial charge in [-0.25, -0.2) is 4.99 Å². The summed E-state index contributed by atoms with van der Waals surface area (Å²) >= 11 is 0. The Morgan fingerprint density at radius 1 is 1.25 bits per heavy atom. The third kappa shape index (κ3) is 5.34. The van der Waals surface area contributed by atoms with Gasteiger partial charge >= 0.3 is 0 Å². The molecule has 4 heteroatoms. The molecule has 0 rings (SSSR count). The number of hydrogen-bond donors (Lipinski definition) is 3. The second-order valence-electron chi connectivity index (χ2n) is 1.71. The Balaban J connectivity index is 0. The Labute approximate surface area is 73.8 Å². The van der Waals surface area contributed by atoms with Crippen LogP contribution in [0.5, 0.6) is 0 Å². The molecule has 0 aromatic carbocycles. The molecule has 0 saturated heterocycles. The lowest BCUT2D eigenvalue weighted by Crippen LogP contribution is -2.14. The largest absolute Gasteiger partial charge is 0.397 e. The van der Waals surface area contributed by atoms with Crippen LogP contribution in [-0.2, 0) is 0 Å². The Morgan fingerprint density at radius 3 is 1.92 bits per heavy atom. The van der Waals surface area contributed by atoms with Gasteiger partial charge in [0.1, 0.15) is 5.82 Å². The first kappa shape index (κ1) is 13.2. The van der Waals surface area contributed by atoms with Gasteiger partial charge in [0, 0.05) is 6.21 Å². The first-order valence-corrected chi connectivity index (χ1v) is 3.78. The normalized spacial score (nSPS) is 11.6. The van der Waals surface area contributed by atoms with Crippen molar-refractivity contribution in [3.05, 3.63) is 23.8 Å². The van der Waals surface area contributed by atoms with Crippen molar-refractivity contribution in [2.75, 3.05) is 0 Å². The van der Waals surface area contributed by atoms with E-state index in [1.54, 1.807) is 6.92 Å². The Morgan fingerprint density at radius 2 is 1.67 bits per heavy atom. The zero-order valence-electron chi connectivity index (χ0n) is 7.96. The molecule has 4 nitrogen and oxygen atoms in total. The smallest absolute Gasteiger partial charge is 0.148 e. The van der Waals surface area contributed by atoms with Crippen molar-refractivity contribution < 1.29 is 0 Å². The van der Waals surface area contributed by atoms with Crippen LogP contribution in [0.25, 0.3) is 0 Å². The van der Waals surface area contributed by atoms with Crippen LogP contribution in [0.2, 0.25) is 0 Å². The molecule has 0 aliphatic rings. The van der Waals surface area contributed by atoms with E-state index in [0.717, 1.165) is 0 Å². The molecule has 0 aromatic heterocycles. The SMILES string of the molecule is C=C(N)/C(N)=C(N)\N=C/C.CC. The third-order valence-electron chi connectivity index (χ3n) is 0.890. The summed E-state index contributed by atoms with van der Waals surface area (Å²) in [4.78, 5) is 3.71. The molecule has 0 aliphatic heterocycles. The molecular weight excluding hydrogens is 152 g/mol. The van der Waals surface area contributed by atoms with Gasteiger partial charge in [-0.3, -0.25) is 0 Å². The minimum atomic E-state index is 0.204. The number of hydrogen-bond acceptors (Lipinski definition) is 4. The van der Waals surface area contributed by atoms with E-state index in [4.69, 9.17) is 17.2 Å². The zero-order valence-corrected chi connectivity index (χ0v) is 7.96. The fraction of sp³-hybridized carbons (Fsp3) is 0.375. The molecule has 0 saturated carbocycles. The monoisotopic (exact) mass is 170 g/mol. The minimum absolute atomic E-state index is 0.204. The fourth-order valence-corrected chi connectivity index (χ4v) is 0.373. The summed E-state index contributed by atoms with van der Waals surface area (Å²) < 4.78 is 0. The predicted octanol–water partition coefficient (Wildman–Crippen LogP) is 0.662. The second-order valence-corrected chi connectivity index (χ2v) is 1.71. The van der Waals surface area contributed by atoms with Gasteiger partial charge in [-0.2, -0.15) is 0 Å². The summed E-state index contributed by atoms with van der Waals surface area (Å²) in [5.74, 6) is 0.204. The second kappa shape index (κ2) is 7.65. The van der Waals surface area contributed by atoms with Crippen molar-refractivity contribution in [2.24, 2.45) is 22.2 Å². The number of nitrogens with two attached hydrogens (primary N) is 3. The molecule has 0 aromatic rings. The Bertz CT molecular complexity index is 191. The van der Waals surface area contributed by atoms with Gasteiger partial charge in [0.25, 0.3) is 0 Å². The Kier molecular flexibility index (Phi) is 8.40. The number of rotatable bonds is 2. The van der Waals surface area contributed by atoms with Gasteiger partial charge in [-0.1, -0.05) is 20.4 Å². The summed E-state index contributed by atoms with van der Waals surface area (Å²) in [5, 5.41) is 0. The van der Waals surface area contributed by atoms with Crippen LogP contribution < -0.4 is 17.2 Å². The highest BCUT2D eigenvalue weighted by Gasteiger charge is 1.95. The molecule has 70 valence electrons. The van der Waals surface area contributed by atoms with E-state index in [1.165, 1.54) is 6.21 Å². The van der Waals surface area contributed by atoms with Gasteiger partial charge in [0.2, 0.25) is 0 Å². The van der Waals surface area contributed by atoms with Crippen molar-refractivity contribution >= 4 is 6.21 Å². The van der Waals surface area contributed by atoms with Crippen molar-refractivity contribution in [3.8, 4) is 0 Å². The standard InChI is InChI=1S/C6H12N4.C2H6/c1-3-10-6(9)5(8)4(2)7;1-2/h3H,2,7-9H2,1H3;1-2H3/b6-5+,10-3-;. The topological polar surface area (TPSA) is 90.4 Å². The van der Waals surface area contributed by atoms with Crippen molar-refractivity contribution in [3.63, 3.8) is 0 Å². The highest BCUT2D eigenvalue weighted by Crippen LogP contribution is 1.96. The van der Waals surface area contributed by atoms with Crippen molar-refractivity contribution in [1.29, 1.82) is 0 Å². The van der Waals surface area contributed by atoms with Crippen LogP contribution in [0.15, 0.2) is 28.8 Å². The third-order valence-corrected chi connectivity index (χ3v) is 0.890. The van der Waals surface area contributed by atoms with Crippen LogP contribution in [0.4, 0.5) is 0 Å². The van der Waals surface area contributed by atoms with Crippen LogP contribution in [0, 0.1) is 0 Å². The maximum atomic E-state index is 5.36. The van der Waals surface area contributed by atoms with E-state index in [2.05, 4.69) is 11.6 Å². The molecule has 0 radical (unpaired) electrons. The van der Waals surface area contributed by atoms with Crippen LogP contribution >= 0.6 is 0 Å². The highest BCUT2D eigenvalue weighted by molar-refractivity contribution is 5.55. The average molecular weight is 170 g/mol. The van der Waals surface area contributed by atoms with E-state index >= 15 is 0 Å². The molecule has 0 spiro atoms. The molecule has 0 atom stereocenters. The van der Waals surface area contributed by atoms with E-state index < -0.39 is 0 Å². The number of nitrogens with zero attached hydrogens (tertiary/aromatic N) is 1. The van der Waals surface area contributed by atoms with Crippen LogP contribution in [0.1, 0.15) is 20.8 Å². The summed E-state index contributed by atoms with van der Waals surface area (Å²) in [5.41, 5.74) is 16.4. The first-order chi connectivity index (χ1) is 5.59. The molecule has 0 unspecified atom stereocenters. The molecule has 0 aliphatic carbocycles. The molecule has 12 heavy (non-hydrogen) atoms. The number of aliphatic imine (C=N–C) groups is 1. The quantitative estimate of drug-likeness (QED) is 0.420. The molecular formula is C8H18N4. The average Bonchev–Trinajstić information content (AvgIpc) is 2.07. The van der Waals surface area contributed by atoms with Crippen molar-refractivity contribution in [2.45, 2.75) is 20.8 Å². The van der Waals surface area contributed by atoms with E-state index in [0.29, 0.717) is 0 Å². The molecule has 0 fully saturated rings. The maximum absolute atomic E-state index is 5.36.